The summed E-state index contributed by atoms with van der Waals surface area (Å²) in [5, 5.41) is 20.4. The Hall–Kier alpha value is -1.45. The molecule has 3 nitrogen and oxygen atoms in total. The van der Waals surface area contributed by atoms with E-state index in [9.17, 15) is 15.0 Å². The first kappa shape index (κ1) is 26.2. The van der Waals surface area contributed by atoms with E-state index in [0.717, 1.165) is 30.4 Å². The van der Waals surface area contributed by atoms with Crippen molar-refractivity contribution in [1.82, 2.24) is 0 Å². The Labute approximate surface area is 201 Å². The monoisotopic (exact) mass is 454 g/mol. The van der Waals surface area contributed by atoms with Gasteiger partial charge in [0.05, 0.1) is 6.10 Å². The highest BCUT2D eigenvalue weighted by molar-refractivity contribution is 6.03. The van der Waals surface area contributed by atoms with E-state index in [-0.39, 0.29) is 17.3 Å². The predicted molar refractivity (Wildman–Crippen MR) is 137 cm³/mol. The third kappa shape index (κ3) is 5.15. The van der Waals surface area contributed by atoms with Gasteiger partial charge in [-0.2, -0.15) is 0 Å². The summed E-state index contributed by atoms with van der Waals surface area (Å²) in [6.45, 7) is 14.5. The fourth-order valence-electron chi connectivity index (χ4n) is 7.12. The average molecular weight is 455 g/mol. The van der Waals surface area contributed by atoms with Gasteiger partial charge >= 0.3 is 0 Å². The molecule has 4 rings (SSSR count). The summed E-state index contributed by atoms with van der Waals surface area (Å²) in [5.41, 5.74) is 3.64. The van der Waals surface area contributed by atoms with E-state index in [2.05, 4.69) is 38.7 Å². The quantitative estimate of drug-likeness (QED) is 0.458. The Morgan fingerprint density at radius 1 is 1.00 bits per heavy atom. The van der Waals surface area contributed by atoms with E-state index in [0.29, 0.717) is 30.6 Å². The van der Waals surface area contributed by atoms with Crippen molar-refractivity contribution in [2.45, 2.75) is 111 Å². The number of aliphatic hydroxyl groups is 2. The maximum atomic E-state index is 12.5. The van der Waals surface area contributed by atoms with Crippen LogP contribution < -0.4 is 0 Å². The molecule has 184 valence electrons. The SMILES string of the molecule is C=C1/C(=C\C=C2/CCCC3(C)C2CCC3C(C)/C=C2\CCC(C)(O)C2=O)CCCC1O.CC. The van der Waals surface area contributed by atoms with Crippen LogP contribution in [0.4, 0.5) is 0 Å². The third-order valence-electron chi connectivity index (χ3n) is 9.04. The van der Waals surface area contributed by atoms with Gasteiger partial charge in [-0.05, 0) is 111 Å². The Kier molecular flexibility index (Phi) is 8.28. The first-order valence-electron chi connectivity index (χ1n) is 13.4. The number of aliphatic hydroxyl groups excluding tert-OH is 1. The lowest BCUT2D eigenvalue weighted by molar-refractivity contribution is -0.129. The molecule has 6 atom stereocenters. The van der Waals surface area contributed by atoms with Crippen LogP contribution in [0.5, 0.6) is 0 Å². The molecule has 0 amide bonds. The van der Waals surface area contributed by atoms with Crippen LogP contribution in [-0.4, -0.2) is 27.7 Å². The van der Waals surface area contributed by atoms with Crippen LogP contribution in [0, 0.1) is 23.2 Å². The summed E-state index contributed by atoms with van der Waals surface area (Å²) in [5.74, 6) is 1.47. The van der Waals surface area contributed by atoms with Gasteiger partial charge in [0.2, 0.25) is 0 Å². The second kappa shape index (κ2) is 10.4. The van der Waals surface area contributed by atoms with E-state index >= 15 is 0 Å². The smallest absolute Gasteiger partial charge is 0.189 e. The Balaban J connectivity index is 0.00000149. The highest BCUT2D eigenvalue weighted by atomic mass is 16.3. The molecule has 4 fully saturated rings. The van der Waals surface area contributed by atoms with Gasteiger partial charge in [0, 0.05) is 0 Å². The van der Waals surface area contributed by atoms with Gasteiger partial charge in [-0.25, -0.2) is 0 Å². The summed E-state index contributed by atoms with van der Waals surface area (Å²) in [7, 11) is 0. The molecule has 0 saturated heterocycles. The molecule has 0 bridgehead atoms. The van der Waals surface area contributed by atoms with E-state index in [4.69, 9.17) is 0 Å². The number of rotatable bonds is 3. The van der Waals surface area contributed by atoms with Crippen LogP contribution in [0.15, 0.2) is 47.1 Å². The Morgan fingerprint density at radius 2 is 1.73 bits per heavy atom. The molecule has 3 heteroatoms. The van der Waals surface area contributed by atoms with Crippen LogP contribution in [0.25, 0.3) is 0 Å². The van der Waals surface area contributed by atoms with Crippen molar-refractivity contribution >= 4 is 5.78 Å². The summed E-state index contributed by atoms with van der Waals surface area (Å²) in [6, 6.07) is 0. The van der Waals surface area contributed by atoms with Crippen molar-refractivity contribution in [2.75, 3.05) is 0 Å². The lowest BCUT2D eigenvalue weighted by atomic mass is 9.61. The molecule has 4 saturated carbocycles. The van der Waals surface area contributed by atoms with E-state index in [1.54, 1.807) is 12.5 Å². The molecule has 4 aliphatic carbocycles. The lowest BCUT2D eigenvalue weighted by Gasteiger charge is -2.44. The molecule has 0 aromatic rings. The molecular weight excluding hydrogens is 408 g/mol. The number of fused-ring (bicyclic) bond motifs is 1. The minimum Gasteiger partial charge on any atom is -0.388 e. The van der Waals surface area contributed by atoms with Crippen molar-refractivity contribution in [2.24, 2.45) is 23.2 Å². The molecule has 0 radical (unpaired) electrons. The number of carbonyl (C=O) groups is 1. The summed E-state index contributed by atoms with van der Waals surface area (Å²) >= 11 is 0. The number of hydrogen-bond donors (Lipinski definition) is 2. The van der Waals surface area contributed by atoms with Crippen LogP contribution in [0.3, 0.4) is 0 Å². The zero-order chi connectivity index (χ0) is 24.4. The number of carbonyl (C=O) groups excluding carboxylic acids is 1. The fraction of sp³-hybridized carbons (Fsp3) is 0.700. The fourth-order valence-corrected chi connectivity index (χ4v) is 7.12. The topological polar surface area (TPSA) is 57.5 Å². The molecule has 2 N–H and O–H groups in total. The lowest BCUT2D eigenvalue weighted by Crippen LogP contribution is -2.35. The standard InChI is InChI=1S/C28H40O3.C2H6/c1-18(17-22-14-16-28(4,31)26(22)30)23-12-13-24-21(8-6-15-27(23,24)3)11-10-20-7-5-9-25(29)19(20)2;1-2/h10-11,17-18,23-25,29,31H,2,5-9,12-16H2,1,3-4H3;1-2H3/b20-10-,21-11+,22-17+;. The molecule has 0 spiro atoms. The first-order valence-corrected chi connectivity index (χ1v) is 13.4. The molecule has 0 aliphatic heterocycles. The van der Waals surface area contributed by atoms with Gasteiger partial charge in [0.1, 0.15) is 5.60 Å². The molecule has 0 aromatic carbocycles. The van der Waals surface area contributed by atoms with Crippen LogP contribution in [0.1, 0.15) is 98.8 Å². The second-order valence-corrected chi connectivity index (χ2v) is 11.1. The normalized spacial score (nSPS) is 41.3. The number of hydrogen-bond acceptors (Lipinski definition) is 3. The maximum absolute atomic E-state index is 12.5. The van der Waals surface area contributed by atoms with Gasteiger partial charge in [-0.3, -0.25) is 4.79 Å². The second-order valence-electron chi connectivity index (χ2n) is 11.1. The highest BCUT2D eigenvalue weighted by Crippen LogP contribution is 2.59. The van der Waals surface area contributed by atoms with Crippen molar-refractivity contribution in [3.8, 4) is 0 Å². The van der Waals surface area contributed by atoms with Gasteiger partial charge in [0.15, 0.2) is 5.78 Å². The number of Topliss-reactive ketones (excluding diaryl/α,β-unsaturated/α-hetero) is 1. The van der Waals surface area contributed by atoms with Crippen molar-refractivity contribution < 1.29 is 15.0 Å². The minimum atomic E-state index is -1.17. The summed E-state index contributed by atoms with van der Waals surface area (Å²) in [4.78, 5) is 12.5. The Morgan fingerprint density at radius 3 is 2.39 bits per heavy atom. The van der Waals surface area contributed by atoms with E-state index in [1.807, 2.05) is 13.8 Å². The predicted octanol–water partition coefficient (Wildman–Crippen LogP) is 6.86. The summed E-state index contributed by atoms with van der Waals surface area (Å²) in [6.07, 6.45) is 16.6. The largest absolute Gasteiger partial charge is 0.388 e. The third-order valence-corrected chi connectivity index (χ3v) is 9.04. The van der Waals surface area contributed by atoms with Crippen molar-refractivity contribution in [3.63, 3.8) is 0 Å². The molecule has 6 unspecified atom stereocenters. The van der Waals surface area contributed by atoms with Gasteiger partial charge < -0.3 is 10.2 Å². The van der Waals surface area contributed by atoms with Gasteiger partial charge in [0.25, 0.3) is 0 Å². The molecule has 0 heterocycles. The Bertz CT molecular complexity index is 843. The molecule has 4 aliphatic rings. The zero-order valence-corrected chi connectivity index (χ0v) is 21.6. The van der Waals surface area contributed by atoms with Crippen LogP contribution >= 0.6 is 0 Å². The number of ketones is 1. The van der Waals surface area contributed by atoms with Gasteiger partial charge in [-0.15, -0.1) is 0 Å². The first-order chi connectivity index (χ1) is 15.6. The molecule has 0 aromatic heterocycles. The van der Waals surface area contributed by atoms with Crippen molar-refractivity contribution in [3.05, 3.63) is 47.1 Å². The molecular formula is C30H46O3. The van der Waals surface area contributed by atoms with E-state index < -0.39 is 5.60 Å². The van der Waals surface area contributed by atoms with E-state index in [1.165, 1.54) is 37.7 Å². The van der Waals surface area contributed by atoms with Gasteiger partial charge in [-0.1, -0.05) is 58.1 Å². The minimum absolute atomic E-state index is 0.0650. The zero-order valence-electron chi connectivity index (χ0n) is 21.6. The number of allylic oxidation sites excluding steroid dienone is 4. The summed E-state index contributed by atoms with van der Waals surface area (Å²) < 4.78 is 0. The van der Waals surface area contributed by atoms with Crippen LogP contribution in [-0.2, 0) is 4.79 Å². The maximum Gasteiger partial charge on any atom is 0.189 e. The average Bonchev–Trinajstić information content (AvgIpc) is 3.27. The molecule has 33 heavy (non-hydrogen) atoms. The highest BCUT2D eigenvalue weighted by Gasteiger charge is 2.50. The van der Waals surface area contributed by atoms with Crippen molar-refractivity contribution in [1.29, 1.82) is 0 Å². The van der Waals surface area contributed by atoms with Crippen LogP contribution in [0.2, 0.25) is 0 Å².